The molecule has 0 saturated carbocycles. The number of carbonyl (C=O) groups is 1. The van der Waals surface area contributed by atoms with Crippen LogP contribution in [0.3, 0.4) is 0 Å². The van der Waals surface area contributed by atoms with Crippen molar-refractivity contribution < 1.29 is 19.4 Å². The Morgan fingerprint density at radius 1 is 1.26 bits per heavy atom. The van der Waals surface area contributed by atoms with Gasteiger partial charge < -0.3 is 14.6 Å². The summed E-state index contributed by atoms with van der Waals surface area (Å²) in [7, 11) is 1.63. The Kier molecular flexibility index (Phi) is 5.96. The molecule has 0 spiro atoms. The summed E-state index contributed by atoms with van der Waals surface area (Å²) in [6, 6.07) is 7.43. The number of hydrogen-bond acceptors (Lipinski definition) is 5. The summed E-state index contributed by atoms with van der Waals surface area (Å²) in [5.41, 5.74) is 1.65. The second-order valence-electron chi connectivity index (χ2n) is 5.12. The molecular formula is C16H21N3O4. The van der Waals surface area contributed by atoms with E-state index in [9.17, 15) is 4.79 Å². The average molecular weight is 319 g/mol. The zero-order valence-corrected chi connectivity index (χ0v) is 13.4. The molecule has 0 unspecified atom stereocenters. The number of carboxylic acid groups (broad SMARTS) is 1. The number of methoxy groups -OCH3 is 1. The molecule has 2 rings (SSSR count). The molecule has 1 aromatic carbocycles. The lowest BCUT2D eigenvalue weighted by molar-refractivity contribution is -0.136. The van der Waals surface area contributed by atoms with E-state index >= 15 is 0 Å². The highest BCUT2D eigenvalue weighted by atomic mass is 16.5. The lowest BCUT2D eigenvalue weighted by Gasteiger charge is -2.07. The van der Waals surface area contributed by atoms with Gasteiger partial charge in [0.2, 0.25) is 0 Å². The van der Waals surface area contributed by atoms with Crippen molar-refractivity contribution in [2.24, 2.45) is 0 Å². The zero-order chi connectivity index (χ0) is 16.7. The SMILES string of the molecule is COc1ccc(OCCCn2nnc(CCC(=O)O)c2C)cc1. The van der Waals surface area contributed by atoms with Crippen LogP contribution in [0.25, 0.3) is 0 Å². The third-order valence-corrected chi connectivity index (χ3v) is 3.50. The Morgan fingerprint density at radius 2 is 1.96 bits per heavy atom. The van der Waals surface area contributed by atoms with Gasteiger partial charge in [-0.2, -0.15) is 0 Å². The summed E-state index contributed by atoms with van der Waals surface area (Å²) in [6.45, 7) is 3.15. The van der Waals surface area contributed by atoms with Crippen LogP contribution in [0.1, 0.15) is 24.2 Å². The molecule has 7 heteroatoms. The van der Waals surface area contributed by atoms with Crippen molar-refractivity contribution in [2.45, 2.75) is 32.7 Å². The highest BCUT2D eigenvalue weighted by Crippen LogP contribution is 2.17. The predicted molar refractivity (Wildman–Crippen MR) is 83.8 cm³/mol. The average Bonchev–Trinajstić information content (AvgIpc) is 2.90. The maximum absolute atomic E-state index is 10.6. The first-order chi connectivity index (χ1) is 11.1. The van der Waals surface area contributed by atoms with E-state index in [1.165, 1.54) is 0 Å². The number of carboxylic acids is 1. The predicted octanol–water partition coefficient (Wildman–Crippen LogP) is 2.08. The molecule has 0 fully saturated rings. The first-order valence-corrected chi connectivity index (χ1v) is 7.47. The number of aliphatic carboxylic acids is 1. The third kappa shape index (κ3) is 4.98. The van der Waals surface area contributed by atoms with Crippen LogP contribution in [0.4, 0.5) is 0 Å². The molecule has 0 aliphatic heterocycles. The van der Waals surface area contributed by atoms with Crippen LogP contribution in [0.2, 0.25) is 0 Å². The van der Waals surface area contributed by atoms with Crippen molar-refractivity contribution >= 4 is 5.97 Å². The Balaban J connectivity index is 1.76. The number of hydrogen-bond donors (Lipinski definition) is 1. The minimum absolute atomic E-state index is 0.0696. The van der Waals surface area contributed by atoms with Crippen molar-refractivity contribution in [3.63, 3.8) is 0 Å². The first-order valence-electron chi connectivity index (χ1n) is 7.47. The number of benzene rings is 1. The van der Waals surface area contributed by atoms with Crippen LogP contribution < -0.4 is 9.47 Å². The van der Waals surface area contributed by atoms with Crippen molar-refractivity contribution in [1.82, 2.24) is 15.0 Å². The van der Waals surface area contributed by atoms with Gasteiger partial charge in [-0.05, 0) is 31.2 Å². The molecule has 0 amide bonds. The minimum Gasteiger partial charge on any atom is -0.497 e. The summed E-state index contributed by atoms with van der Waals surface area (Å²) in [5, 5.41) is 16.8. The summed E-state index contributed by atoms with van der Waals surface area (Å²) in [4.78, 5) is 10.6. The molecule has 0 atom stereocenters. The molecule has 0 bridgehead atoms. The van der Waals surface area contributed by atoms with Gasteiger partial charge in [0.15, 0.2) is 0 Å². The number of rotatable bonds is 9. The molecule has 1 aromatic heterocycles. The van der Waals surface area contributed by atoms with Crippen LogP contribution in [-0.2, 0) is 17.8 Å². The second kappa shape index (κ2) is 8.17. The number of aryl methyl sites for hydroxylation is 2. The maximum Gasteiger partial charge on any atom is 0.303 e. The van der Waals surface area contributed by atoms with Crippen LogP contribution >= 0.6 is 0 Å². The third-order valence-electron chi connectivity index (χ3n) is 3.50. The van der Waals surface area contributed by atoms with Crippen LogP contribution in [-0.4, -0.2) is 39.8 Å². The van der Waals surface area contributed by atoms with Gasteiger partial charge in [0.1, 0.15) is 11.5 Å². The van der Waals surface area contributed by atoms with Gasteiger partial charge in [0.25, 0.3) is 0 Å². The van der Waals surface area contributed by atoms with Crippen molar-refractivity contribution in [2.75, 3.05) is 13.7 Å². The fraction of sp³-hybridized carbons (Fsp3) is 0.438. The Morgan fingerprint density at radius 3 is 2.61 bits per heavy atom. The van der Waals surface area contributed by atoms with Crippen molar-refractivity contribution in [3.05, 3.63) is 35.7 Å². The molecule has 2 aromatic rings. The molecule has 1 heterocycles. The number of nitrogens with zero attached hydrogens (tertiary/aromatic N) is 3. The van der Waals surface area contributed by atoms with Gasteiger partial charge >= 0.3 is 5.97 Å². The molecule has 0 saturated heterocycles. The van der Waals surface area contributed by atoms with Crippen molar-refractivity contribution in [3.8, 4) is 11.5 Å². The molecule has 124 valence electrons. The van der Waals surface area contributed by atoms with E-state index in [1.807, 2.05) is 31.2 Å². The van der Waals surface area contributed by atoms with E-state index in [4.69, 9.17) is 14.6 Å². The van der Waals surface area contributed by atoms with Crippen molar-refractivity contribution in [1.29, 1.82) is 0 Å². The van der Waals surface area contributed by atoms with Crippen LogP contribution in [0.15, 0.2) is 24.3 Å². The first kappa shape index (κ1) is 16.8. The van der Waals surface area contributed by atoms with Crippen LogP contribution in [0.5, 0.6) is 11.5 Å². The molecule has 0 aliphatic carbocycles. The molecule has 7 nitrogen and oxygen atoms in total. The van der Waals surface area contributed by atoms with Gasteiger partial charge in [0.05, 0.1) is 31.5 Å². The number of aromatic nitrogens is 3. The monoisotopic (exact) mass is 319 g/mol. The Labute approximate surface area is 134 Å². The maximum atomic E-state index is 10.6. The van der Waals surface area contributed by atoms with Crippen LogP contribution in [0, 0.1) is 6.92 Å². The smallest absolute Gasteiger partial charge is 0.303 e. The lowest BCUT2D eigenvalue weighted by Crippen LogP contribution is -2.08. The van der Waals surface area contributed by atoms with E-state index in [1.54, 1.807) is 11.8 Å². The number of ether oxygens (including phenoxy) is 2. The standard InChI is InChI=1S/C16H21N3O4/c1-12-15(8-9-16(20)21)17-18-19(12)10-3-11-23-14-6-4-13(22-2)5-7-14/h4-7H,3,8-11H2,1-2H3,(H,20,21). The molecule has 0 aliphatic rings. The highest BCUT2D eigenvalue weighted by Gasteiger charge is 2.09. The topological polar surface area (TPSA) is 86.5 Å². The summed E-state index contributed by atoms with van der Waals surface area (Å²) in [6.07, 6.45) is 1.26. The largest absolute Gasteiger partial charge is 0.497 e. The van der Waals surface area contributed by atoms with E-state index in [-0.39, 0.29) is 6.42 Å². The molecule has 1 N–H and O–H groups in total. The minimum atomic E-state index is -0.827. The van der Waals surface area contributed by atoms with Gasteiger partial charge in [-0.15, -0.1) is 5.10 Å². The van der Waals surface area contributed by atoms with Gasteiger partial charge in [0, 0.05) is 19.4 Å². The summed E-state index contributed by atoms with van der Waals surface area (Å²) >= 11 is 0. The molecule has 23 heavy (non-hydrogen) atoms. The van der Waals surface area contributed by atoms with E-state index < -0.39 is 5.97 Å². The summed E-state index contributed by atoms with van der Waals surface area (Å²) < 4.78 is 12.5. The normalized spacial score (nSPS) is 10.5. The fourth-order valence-electron chi connectivity index (χ4n) is 2.14. The Hall–Kier alpha value is -2.57. The zero-order valence-electron chi connectivity index (χ0n) is 13.4. The highest BCUT2D eigenvalue weighted by molar-refractivity contribution is 5.67. The van der Waals surface area contributed by atoms with E-state index in [2.05, 4.69) is 10.3 Å². The van der Waals surface area contributed by atoms with Gasteiger partial charge in [-0.25, -0.2) is 4.68 Å². The quantitative estimate of drug-likeness (QED) is 0.712. The fourth-order valence-corrected chi connectivity index (χ4v) is 2.14. The summed E-state index contributed by atoms with van der Waals surface area (Å²) in [5.74, 6) is 0.764. The van der Waals surface area contributed by atoms with E-state index in [0.717, 1.165) is 29.3 Å². The Bertz CT molecular complexity index is 637. The lowest BCUT2D eigenvalue weighted by atomic mass is 10.2. The molecule has 0 radical (unpaired) electrons. The second-order valence-corrected chi connectivity index (χ2v) is 5.12. The van der Waals surface area contributed by atoms with Gasteiger partial charge in [-0.1, -0.05) is 5.21 Å². The van der Waals surface area contributed by atoms with Gasteiger partial charge in [-0.3, -0.25) is 4.79 Å². The molecular weight excluding hydrogens is 298 g/mol. The van der Waals surface area contributed by atoms with E-state index in [0.29, 0.717) is 19.6 Å².